The highest BCUT2D eigenvalue weighted by Crippen LogP contribution is 2.25. The predicted octanol–water partition coefficient (Wildman–Crippen LogP) is 2.12. The van der Waals surface area contributed by atoms with Gasteiger partial charge in [-0.15, -0.1) is 5.10 Å². The molecule has 2 heterocycles. The van der Waals surface area contributed by atoms with Crippen molar-refractivity contribution in [2.75, 3.05) is 5.73 Å². The van der Waals surface area contributed by atoms with E-state index in [0.717, 1.165) is 0 Å². The molecule has 0 saturated carbocycles. The molecular weight excluding hydrogens is 275 g/mol. The van der Waals surface area contributed by atoms with Gasteiger partial charge in [-0.2, -0.15) is 4.98 Å². The summed E-state index contributed by atoms with van der Waals surface area (Å²) in [7, 11) is 0. The zero-order chi connectivity index (χ0) is 15.1. The molecule has 1 aromatic carbocycles. The highest BCUT2D eigenvalue weighted by Gasteiger charge is 2.14. The molecule has 0 spiro atoms. The molecule has 0 aliphatic heterocycles. The van der Waals surface area contributed by atoms with Crippen LogP contribution in [-0.4, -0.2) is 25.7 Å². The molecule has 0 bridgehead atoms. The standard InChI is InChI=1S/C14H11FN4O2/c1-7-10(13(20)21)4-9(5-11(7)15)8-2-3-19-12(6-8)17-14(16)18-19/h2-6H,1H3,(H2,16,18)(H,20,21). The van der Waals surface area contributed by atoms with Crippen molar-refractivity contribution in [2.24, 2.45) is 0 Å². The molecule has 3 rings (SSSR count). The molecule has 6 nitrogen and oxygen atoms in total. The van der Waals surface area contributed by atoms with Crippen LogP contribution in [0.2, 0.25) is 0 Å². The molecule has 0 aliphatic carbocycles. The summed E-state index contributed by atoms with van der Waals surface area (Å²) in [6.45, 7) is 1.44. The van der Waals surface area contributed by atoms with Crippen molar-refractivity contribution < 1.29 is 14.3 Å². The Morgan fingerprint density at radius 2 is 2.10 bits per heavy atom. The normalized spacial score (nSPS) is 11.0. The quantitative estimate of drug-likeness (QED) is 0.752. The maximum absolute atomic E-state index is 13.9. The molecule has 0 atom stereocenters. The van der Waals surface area contributed by atoms with E-state index in [1.807, 2.05) is 0 Å². The van der Waals surface area contributed by atoms with E-state index in [4.69, 9.17) is 10.8 Å². The van der Waals surface area contributed by atoms with Crippen molar-refractivity contribution >= 4 is 17.6 Å². The van der Waals surface area contributed by atoms with Crippen LogP contribution in [0.5, 0.6) is 0 Å². The summed E-state index contributed by atoms with van der Waals surface area (Å²) >= 11 is 0. The molecule has 3 aromatic rings. The lowest BCUT2D eigenvalue weighted by molar-refractivity contribution is 0.0695. The lowest BCUT2D eigenvalue weighted by Crippen LogP contribution is -2.02. The number of aromatic carboxylic acids is 1. The van der Waals surface area contributed by atoms with Crippen LogP contribution >= 0.6 is 0 Å². The first-order valence-electron chi connectivity index (χ1n) is 6.11. The summed E-state index contributed by atoms with van der Waals surface area (Å²) in [6.07, 6.45) is 1.63. The van der Waals surface area contributed by atoms with Crippen LogP contribution in [-0.2, 0) is 0 Å². The van der Waals surface area contributed by atoms with Crippen LogP contribution < -0.4 is 5.73 Å². The molecule has 7 heteroatoms. The Labute approximate surface area is 118 Å². The van der Waals surface area contributed by atoms with Crippen LogP contribution in [0.15, 0.2) is 30.5 Å². The number of nitrogens with zero attached hydrogens (tertiary/aromatic N) is 3. The van der Waals surface area contributed by atoms with Gasteiger partial charge in [-0.1, -0.05) is 0 Å². The molecule has 0 radical (unpaired) electrons. The first kappa shape index (κ1) is 13.0. The lowest BCUT2D eigenvalue weighted by atomic mass is 10.00. The summed E-state index contributed by atoms with van der Waals surface area (Å²) in [4.78, 5) is 15.2. The second-order valence-electron chi connectivity index (χ2n) is 4.62. The lowest BCUT2D eigenvalue weighted by Gasteiger charge is -2.07. The van der Waals surface area contributed by atoms with Gasteiger partial charge in [0.05, 0.1) is 5.56 Å². The molecule has 0 fully saturated rings. The maximum Gasteiger partial charge on any atom is 0.336 e. The minimum Gasteiger partial charge on any atom is -0.478 e. The molecule has 0 unspecified atom stereocenters. The maximum atomic E-state index is 13.9. The van der Waals surface area contributed by atoms with Gasteiger partial charge in [0.25, 0.3) is 0 Å². The first-order valence-corrected chi connectivity index (χ1v) is 6.11. The molecule has 0 aliphatic rings. The number of nitrogen functional groups attached to an aromatic ring is 1. The molecule has 106 valence electrons. The molecule has 3 N–H and O–H groups in total. The highest BCUT2D eigenvalue weighted by atomic mass is 19.1. The molecular formula is C14H11FN4O2. The molecule has 0 saturated heterocycles. The fraction of sp³-hybridized carbons (Fsp3) is 0.0714. The number of hydrogen-bond donors (Lipinski definition) is 2. The third kappa shape index (κ3) is 2.18. The van der Waals surface area contributed by atoms with Crippen molar-refractivity contribution in [3.05, 3.63) is 47.4 Å². The van der Waals surface area contributed by atoms with Gasteiger partial charge in [0.15, 0.2) is 5.65 Å². The van der Waals surface area contributed by atoms with Crippen LogP contribution in [0.1, 0.15) is 15.9 Å². The van der Waals surface area contributed by atoms with Crippen molar-refractivity contribution in [1.82, 2.24) is 14.6 Å². The Morgan fingerprint density at radius 1 is 1.33 bits per heavy atom. The second-order valence-corrected chi connectivity index (χ2v) is 4.62. The number of rotatable bonds is 2. The predicted molar refractivity (Wildman–Crippen MR) is 74.5 cm³/mol. The summed E-state index contributed by atoms with van der Waals surface area (Å²) in [5, 5.41) is 13.1. The fourth-order valence-electron chi connectivity index (χ4n) is 2.15. The molecule has 2 aromatic heterocycles. The van der Waals surface area contributed by atoms with E-state index in [9.17, 15) is 9.18 Å². The Balaban J connectivity index is 2.19. The van der Waals surface area contributed by atoms with Crippen molar-refractivity contribution in [1.29, 1.82) is 0 Å². The van der Waals surface area contributed by atoms with Crippen LogP contribution in [0.25, 0.3) is 16.8 Å². The number of fused-ring (bicyclic) bond motifs is 1. The zero-order valence-corrected chi connectivity index (χ0v) is 11.0. The van der Waals surface area contributed by atoms with E-state index in [1.54, 1.807) is 18.3 Å². The number of anilines is 1. The number of halogens is 1. The van der Waals surface area contributed by atoms with E-state index >= 15 is 0 Å². The van der Waals surface area contributed by atoms with Crippen molar-refractivity contribution in [3.63, 3.8) is 0 Å². The van der Waals surface area contributed by atoms with Gasteiger partial charge < -0.3 is 10.8 Å². The summed E-state index contributed by atoms with van der Waals surface area (Å²) < 4.78 is 15.4. The summed E-state index contributed by atoms with van der Waals surface area (Å²) in [6, 6.07) is 6.09. The van der Waals surface area contributed by atoms with Crippen LogP contribution in [0.3, 0.4) is 0 Å². The van der Waals surface area contributed by atoms with Gasteiger partial charge >= 0.3 is 5.97 Å². The number of nitrogens with two attached hydrogens (primary N) is 1. The van der Waals surface area contributed by atoms with Crippen LogP contribution in [0, 0.1) is 12.7 Å². The average molecular weight is 286 g/mol. The van der Waals surface area contributed by atoms with Gasteiger partial charge in [-0.25, -0.2) is 13.7 Å². The van der Waals surface area contributed by atoms with E-state index < -0.39 is 11.8 Å². The number of carboxylic acids is 1. The Kier molecular flexibility index (Phi) is 2.83. The van der Waals surface area contributed by atoms with Crippen molar-refractivity contribution in [2.45, 2.75) is 6.92 Å². The topological polar surface area (TPSA) is 93.5 Å². The van der Waals surface area contributed by atoms with E-state index in [1.165, 1.54) is 23.6 Å². The minimum absolute atomic E-state index is 0.0640. The average Bonchev–Trinajstić information content (AvgIpc) is 2.80. The first-order chi connectivity index (χ1) is 9.95. The third-order valence-corrected chi connectivity index (χ3v) is 3.26. The number of benzene rings is 1. The third-order valence-electron chi connectivity index (χ3n) is 3.26. The molecule has 0 amide bonds. The zero-order valence-electron chi connectivity index (χ0n) is 11.0. The van der Waals surface area contributed by atoms with Crippen molar-refractivity contribution in [3.8, 4) is 11.1 Å². The SMILES string of the molecule is Cc1c(F)cc(-c2ccn3nc(N)nc3c2)cc1C(=O)O. The Hall–Kier alpha value is -2.96. The van der Waals surface area contributed by atoms with E-state index in [2.05, 4.69) is 10.1 Å². The van der Waals surface area contributed by atoms with Gasteiger partial charge in [0.2, 0.25) is 5.95 Å². The minimum atomic E-state index is -1.17. The number of carbonyl (C=O) groups is 1. The van der Waals surface area contributed by atoms with E-state index in [0.29, 0.717) is 16.8 Å². The number of pyridine rings is 1. The second kappa shape index (κ2) is 4.55. The summed E-state index contributed by atoms with van der Waals surface area (Å²) in [5.74, 6) is -1.60. The van der Waals surface area contributed by atoms with Gasteiger partial charge in [-0.05, 0) is 47.9 Å². The van der Waals surface area contributed by atoms with Gasteiger partial charge in [0.1, 0.15) is 5.82 Å². The smallest absolute Gasteiger partial charge is 0.336 e. The largest absolute Gasteiger partial charge is 0.478 e. The highest BCUT2D eigenvalue weighted by molar-refractivity contribution is 5.91. The number of carboxylic acid groups (broad SMARTS) is 1. The molecule has 21 heavy (non-hydrogen) atoms. The summed E-state index contributed by atoms with van der Waals surface area (Å²) in [5.41, 5.74) is 7.15. The fourth-order valence-corrected chi connectivity index (χ4v) is 2.15. The van der Waals surface area contributed by atoms with Crippen LogP contribution in [0.4, 0.5) is 10.3 Å². The number of aromatic nitrogens is 3. The van der Waals surface area contributed by atoms with E-state index in [-0.39, 0.29) is 17.1 Å². The number of hydrogen-bond acceptors (Lipinski definition) is 4. The monoisotopic (exact) mass is 286 g/mol. The Morgan fingerprint density at radius 3 is 2.81 bits per heavy atom. The van der Waals surface area contributed by atoms with Gasteiger partial charge in [0, 0.05) is 6.20 Å². The Bertz CT molecular complexity index is 873. The van der Waals surface area contributed by atoms with Gasteiger partial charge in [-0.3, -0.25) is 0 Å².